The second-order valence-electron chi connectivity index (χ2n) is 6.14. The monoisotopic (exact) mass is 423 g/mol. The molecule has 0 radical (unpaired) electrons. The van der Waals surface area contributed by atoms with Gasteiger partial charge in [-0.2, -0.15) is 0 Å². The van der Waals surface area contributed by atoms with Gasteiger partial charge in [0.1, 0.15) is 0 Å². The number of aromatic nitrogens is 2. The average molecular weight is 425 g/mol. The molecule has 3 aromatic rings. The second-order valence-corrected chi connectivity index (χ2v) is 7.36. The first-order valence-corrected chi connectivity index (χ1v) is 9.33. The standard InChI is InChI=1S/C19H16Cl3N3O2/c1-11(2)25(19(26)14-4-3-5-15(21)17(14)22)10-16-23-24-18(27-16)12-6-8-13(20)9-7-12/h3-9,11H,10H2,1-2H3. The molecule has 0 aliphatic rings. The maximum absolute atomic E-state index is 13.0. The van der Waals surface area contributed by atoms with Gasteiger partial charge in [-0.05, 0) is 50.2 Å². The van der Waals surface area contributed by atoms with E-state index in [2.05, 4.69) is 10.2 Å². The number of benzene rings is 2. The zero-order valence-corrected chi connectivity index (χ0v) is 16.9. The highest BCUT2D eigenvalue weighted by Gasteiger charge is 2.24. The summed E-state index contributed by atoms with van der Waals surface area (Å²) in [6, 6.07) is 11.9. The molecule has 0 saturated carbocycles. The molecule has 0 fully saturated rings. The Labute approximate surface area is 171 Å². The topological polar surface area (TPSA) is 59.2 Å². The summed E-state index contributed by atoms with van der Waals surface area (Å²) in [5.41, 5.74) is 1.08. The van der Waals surface area contributed by atoms with E-state index in [9.17, 15) is 4.79 Å². The number of hydrogen-bond donors (Lipinski definition) is 0. The Kier molecular flexibility index (Phi) is 6.05. The van der Waals surface area contributed by atoms with Crippen LogP contribution in [0.15, 0.2) is 46.9 Å². The average Bonchev–Trinajstić information content (AvgIpc) is 3.10. The summed E-state index contributed by atoms with van der Waals surface area (Å²) >= 11 is 18.1. The van der Waals surface area contributed by atoms with Crippen LogP contribution in [0, 0.1) is 0 Å². The van der Waals surface area contributed by atoms with E-state index >= 15 is 0 Å². The zero-order chi connectivity index (χ0) is 19.6. The van der Waals surface area contributed by atoms with Crippen LogP contribution in [-0.4, -0.2) is 27.0 Å². The van der Waals surface area contributed by atoms with E-state index in [1.807, 2.05) is 13.8 Å². The van der Waals surface area contributed by atoms with Crippen molar-refractivity contribution >= 4 is 40.7 Å². The molecule has 2 aromatic carbocycles. The van der Waals surface area contributed by atoms with E-state index in [-0.39, 0.29) is 23.5 Å². The van der Waals surface area contributed by atoms with Crippen LogP contribution in [0.3, 0.4) is 0 Å². The van der Waals surface area contributed by atoms with Crippen LogP contribution in [0.25, 0.3) is 11.5 Å². The SMILES string of the molecule is CC(C)N(Cc1nnc(-c2ccc(Cl)cc2)o1)C(=O)c1cccc(Cl)c1Cl. The Morgan fingerprint density at radius 2 is 1.78 bits per heavy atom. The van der Waals surface area contributed by atoms with E-state index in [0.29, 0.717) is 27.4 Å². The molecule has 0 N–H and O–H groups in total. The molecule has 1 amide bonds. The van der Waals surface area contributed by atoms with Gasteiger partial charge in [0.2, 0.25) is 11.8 Å². The third kappa shape index (κ3) is 4.43. The van der Waals surface area contributed by atoms with Crippen molar-refractivity contribution in [1.29, 1.82) is 0 Å². The molecule has 1 aromatic heterocycles. The number of carbonyl (C=O) groups excluding carboxylic acids is 1. The zero-order valence-electron chi connectivity index (χ0n) is 14.6. The maximum Gasteiger partial charge on any atom is 0.256 e. The van der Waals surface area contributed by atoms with Gasteiger partial charge in [-0.1, -0.05) is 40.9 Å². The molecule has 5 nitrogen and oxygen atoms in total. The number of hydrogen-bond acceptors (Lipinski definition) is 4. The van der Waals surface area contributed by atoms with Crippen LogP contribution in [0.2, 0.25) is 15.1 Å². The molecule has 0 aliphatic carbocycles. The van der Waals surface area contributed by atoms with Crippen molar-refractivity contribution in [2.24, 2.45) is 0 Å². The maximum atomic E-state index is 13.0. The fraction of sp³-hybridized carbons (Fsp3) is 0.211. The lowest BCUT2D eigenvalue weighted by atomic mass is 10.1. The van der Waals surface area contributed by atoms with Crippen molar-refractivity contribution in [3.05, 3.63) is 69.0 Å². The van der Waals surface area contributed by atoms with Crippen LogP contribution >= 0.6 is 34.8 Å². The van der Waals surface area contributed by atoms with Gasteiger partial charge >= 0.3 is 0 Å². The number of rotatable bonds is 5. The Hall–Kier alpha value is -2.08. The molecule has 0 spiro atoms. The molecule has 0 aliphatic heterocycles. The van der Waals surface area contributed by atoms with E-state index in [1.54, 1.807) is 47.4 Å². The molecule has 140 valence electrons. The number of halogens is 3. The van der Waals surface area contributed by atoms with Crippen molar-refractivity contribution < 1.29 is 9.21 Å². The first-order chi connectivity index (χ1) is 12.9. The van der Waals surface area contributed by atoms with Crippen molar-refractivity contribution in [2.45, 2.75) is 26.4 Å². The van der Waals surface area contributed by atoms with Crippen LogP contribution in [0.5, 0.6) is 0 Å². The lowest BCUT2D eigenvalue weighted by molar-refractivity contribution is 0.0672. The molecule has 0 atom stereocenters. The smallest absolute Gasteiger partial charge is 0.256 e. The molecule has 8 heteroatoms. The third-order valence-corrected chi connectivity index (χ3v) is 5.00. The second kappa shape index (κ2) is 8.30. The highest BCUT2D eigenvalue weighted by atomic mass is 35.5. The summed E-state index contributed by atoms with van der Waals surface area (Å²) in [5, 5.41) is 9.27. The van der Waals surface area contributed by atoms with Crippen LogP contribution in [0.4, 0.5) is 0 Å². The van der Waals surface area contributed by atoms with Crippen molar-refractivity contribution in [3.8, 4) is 11.5 Å². The number of nitrogens with zero attached hydrogens (tertiary/aromatic N) is 3. The summed E-state index contributed by atoms with van der Waals surface area (Å²) in [6.07, 6.45) is 0. The molecule has 0 unspecified atom stereocenters. The summed E-state index contributed by atoms with van der Waals surface area (Å²) in [6.45, 7) is 3.94. The van der Waals surface area contributed by atoms with Crippen molar-refractivity contribution in [2.75, 3.05) is 0 Å². The molecule has 3 rings (SSSR count). The van der Waals surface area contributed by atoms with Gasteiger partial charge in [0, 0.05) is 16.6 Å². The fourth-order valence-corrected chi connectivity index (χ4v) is 2.99. The van der Waals surface area contributed by atoms with Crippen LogP contribution in [-0.2, 0) is 6.54 Å². The highest BCUT2D eigenvalue weighted by Crippen LogP contribution is 2.28. The normalized spacial score (nSPS) is 11.0. The van der Waals surface area contributed by atoms with Crippen molar-refractivity contribution in [3.63, 3.8) is 0 Å². The minimum absolute atomic E-state index is 0.113. The summed E-state index contributed by atoms with van der Waals surface area (Å²) in [7, 11) is 0. The quantitative estimate of drug-likeness (QED) is 0.523. The van der Waals surface area contributed by atoms with Crippen LogP contribution in [0.1, 0.15) is 30.1 Å². The minimum Gasteiger partial charge on any atom is -0.419 e. The number of amides is 1. The molecular weight excluding hydrogens is 409 g/mol. The molecule has 1 heterocycles. The Balaban J connectivity index is 1.84. The minimum atomic E-state index is -0.260. The largest absolute Gasteiger partial charge is 0.419 e. The summed E-state index contributed by atoms with van der Waals surface area (Å²) < 4.78 is 5.71. The van der Waals surface area contributed by atoms with Crippen molar-refractivity contribution in [1.82, 2.24) is 15.1 Å². The Morgan fingerprint density at radius 1 is 1.07 bits per heavy atom. The molecular formula is C19H16Cl3N3O2. The third-order valence-electron chi connectivity index (χ3n) is 3.93. The molecule has 0 bridgehead atoms. The fourth-order valence-electron chi connectivity index (χ4n) is 2.48. The summed E-state index contributed by atoms with van der Waals surface area (Å²) in [4.78, 5) is 14.6. The lowest BCUT2D eigenvalue weighted by Gasteiger charge is -2.25. The van der Waals surface area contributed by atoms with Gasteiger partial charge in [0.05, 0.1) is 22.2 Å². The van der Waals surface area contributed by atoms with Gasteiger partial charge < -0.3 is 9.32 Å². The van der Waals surface area contributed by atoms with Gasteiger partial charge in [-0.3, -0.25) is 4.79 Å². The predicted octanol–water partition coefficient (Wildman–Crippen LogP) is 5.75. The van der Waals surface area contributed by atoms with Gasteiger partial charge in [-0.25, -0.2) is 0 Å². The number of carbonyl (C=O) groups is 1. The predicted molar refractivity (Wildman–Crippen MR) is 106 cm³/mol. The van der Waals surface area contributed by atoms with Gasteiger partial charge in [0.15, 0.2) is 0 Å². The Bertz CT molecular complexity index is 955. The lowest BCUT2D eigenvalue weighted by Crippen LogP contribution is -2.36. The first-order valence-electron chi connectivity index (χ1n) is 8.20. The first kappa shape index (κ1) is 19.7. The summed E-state index contributed by atoms with van der Waals surface area (Å²) in [5.74, 6) is 0.419. The van der Waals surface area contributed by atoms with E-state index < -0.39 is 0 Å². The van der Waals surface area contributed by atoms with E-state index in [0.717, 1.165) is 5.56 Å². The van der Waals surface area contributed by atoms with Crippen LogP contribution < -0.4 is 0 Å². The molecule has 0 saturated heterocycles. The molecule has 27 heavy (non-hydrogen) atoms. The Morgan fingerprint density at radius 3 is 2.44 bits per heavy atom. The highest BCUT2D eigenvalue weighted by molar-refractivity contribution is 6.43. The van der Waals surface area contributed by atoms with E-state index in [1.165, 1.54) is 0 Å². The van der Waals surface area contributed by atoms with Gasteiger partial charge in [0.25, 0.3) is 5.91 Å². The van der Waals surface area contributed by atoms with Gasteiger partial charge in [-0.15, -0.1) is 10.2 Å². The van der Waals surface area contributed by atoms with E-state index in [4.69, 9.17) is 39.2 Å².